The molecule has 0 bridgehead atoms. The van der Waals surface area contributed by atoms with Crippen LogP contribution in [0.1, 0.15) is 0 Å². The van der Waals surface area contributed by atoms with Crippen LogP contribution in [0.15, 0.2) is 10.9 Å². The van der Waals surface area contributed by atoms with Gasteiger partial charge in [0.2, 0.25) is 18.4 Å². The number of morpholine rings is 1. The Labute approximate surface area is 114 Å². The minimum Gasteiger partial charge on any atom is -0.492 e. The van der Waals surface area contributed by atoms with Crippen LogP contribution in [0.25, 0.3) is 0 Å². The Kier molecular flexibility index (Phi) is 4.41. The second kappa shape index (κ2) is 6.24. The molecule has 0 aromatic carbocycles. The van der Waals surface area contributed by atoms with Crippen LogP contribution in [-0.2, 0) is 14.3 Å². The Morgan fingerprint density at radius 2 is 2.20 bits per heavy atom. The number of hydrogen-bond donors (Lipinski definition) is 1. The molecule has 1 aliphatic heterocycles. The van der Waals surface area contributed by atoms with Gasteiger partial charge >= 0.3 is 5.97 Å². The van der Waals surface area contributed by atoms with E-state index in [2.05, 4.69) is 9.72 Å². The molecule has 0 unspecified atom stereocenters. The van der Waals surface area contributed by atoms with E-state index in [4.69, 9.17) is 9.57 Å². The lowest BCUT2D eigenvalue weighted by Crippen LogP contribution is -2.41. The number of carbonyl (C=O) groups is 1. The average molecular weight is 285 g/mol. The van der Waals surface area contributed by atoms with Gasteiger partial charge in [-0.3, -0.25) is 4.79 Å². The number of hydrogen-bond acceptors (Lipinski definition) is 8. The van der Waals surface area contributed by atoms with Gasteiger partial charge in [0.25, 0.3) is 5.56 Å². The first-order valence-corrected chi connectivity index (χ1v) is 5.97. The van der Waals surface area contributed by atoms with Crippen molar-refractivity contribution >= 4 is 11.9 Å². The number of ether oxygens (including phenoxy) is 2. The Morgan fingerprint density at radius 3 is 2.85 bits per heavy atom. The first kappa shape index (κ1) is 14.1. The quantitative estimate of drug-likeness (QED) is 0.659. The molecule has 2 heterocycles. The monoisotopic (exact) mass is 285 g/mol. The van der Waals surface area contributed by atoms with Crippen LogP contribution in [0.2, 0.25) is 0 Å². The molecular weight excluding hydrogens is 270 g/mol. The van der Waals surface area contributed by atoms with Gasteiger partial charge in [0.15, 0.2) is 0 Å². The van der Waals surface area contributed by atoms with Gasteiger partial charge in [0.05, 0.1) is 26.4 Å². The van der Waals surface area contributed by atoms with Gasteiger partial charge in [-0.1, -0.05) is 0 Å². The number of carbonyl (C=O) groups excluding carboxylic acids is 1. The number of anilines is 1. The minimum absolute atomic E-state index is 0.127. The molecule has 110 valence electrons. The Morgan fingerprint density at radius 1 is 1.50 bits per heavy atom. The molecule has 0 radical (unpaired) electrons. The second-order valence-electron chi connectivity index (χ2n) is 4.00. The zero-order chi connectivity index (χ0) is 14.5. The minimum atomic E-state index is -0.615. The summed E-state index contributed by atoms with van der Waals surface area (Å²) in [5.41, 5.74) is -0.595. The zero-order valence-electron chi connectivity index (χ0n) is 10.9. The normalized spacial score (nSPS) is 14.9. The van der Waals surface area contributed by atoms with Crippen LogP contribution in [0, 0.1) is 0 Å². The molecule has 1 N–H and O–H groups in total. The predicted octanol–water partition coefficient (Wildman–Crippen LogP) is -1.61. The van der Waals surface area contributed by atoms with E-state index in [0.717, 1.165) is 10.8 Å². The van der Waals surface area contributed by atoms with Gasteiger partial charge in [-0.2, -0.15) is 4.98 Å². The fourth-order valence-electron chi connectivity index (χ4n) is 1.71. The average Bonchev–Trinajstić information content (AvgIpc) is 2.46. The van der Waals surface area contributed by atoms with Crippen LogP contribution in [0.4, 0.5) is 5.95 Å². The number of esters is 1. The summed E-state index contributed by atoms with van der Waals surface area (Å²) in [6.07, 6.45) is 0. The molecular formula is C11H15N3O6. The van der Waals surface area contributed by atoms with Crippen molar-refractivity contribution in [3.8, 4) is 5.88 Å². The predicted molar refractivity (Wildman–Crippen MR) is 66.7 cm³/mol. The van der Waals surface area contributed by atoms with Crippen molar-refractivity contribution < 1.29 is 24.2 Å². The van der Waals surface area contributed by atoms with E-state index in [0.29, 0.717) is 26.3 Å². The highest BCUT2D eigenvalue weighted by molar-refractivity contribution is 5.70. The molecule has 1 aliphatic rings. The molecule has 0 amide bonds. The summed E-state index contributed by atoms with van der Waals surface area (Å²) in [6, 6.07) is 0.904. The van der Waals surface area contributed by atoms with Crippen molar-refractivity contribution in [3.63, 3.8) is 0 Å². The van der Waals surface area contributed by atoms with Crippen LogP contribution in [0.5, 0.6) is 5.88 Å². The summed E-state index contributed by atoms with van der Waals surface area (Å²) in [5, 5.41) is 9.78. The molecule has 1 fully saturated rings. The summed E-state index contributed by atoms with van der Waals surface area (Å²) in [7, 11) is 1.22. The third kappa shape index (κ3) is 3.18. The molecule has 2 rings (SSSR count). The highest BCUT2D eigenvalue weighted by Crippen LogP contribution is 2.15. The van der Waals surface area contributed by atoms with E-state index in [1.165, 1.54) is 7.11 Å². The lowest BCUT2D eigenvalue weighted by molar-refractivity contribution is -0.146. The van der Waals surface area contributed by atoms with Crippen LogP contribution >= 0.6 is 0 Å². The lowest BCUT2D eigenvalue weighted by atomic mass is 10.4. The third-order valence-corrected chi connectivity index (χ3v) is 2.69. The van der Waals surface area contributed by atoms with Gasteiger partial charge in [-0.05, 0) is 0 Å². The van der Waals surface area contributed by atoms with Crippen LogP contribution in [-0.4, -0.2) is 60.8 Å². The molecule has 0 atom stereocenters. The maximum Gasteiger partial charge on any atom is 0.346 e. The first-order chi connectivity index (χ1) is 9.61. The number of aromatic hydroxyl groups is 1. The van der Waals surface area contributed by atoms with E-state index < -0.39 is 24.0 Å². The molecule has 0 spiro atoms. The van der Waals surface area contributed by atoms with Crippen molar-refractivity contribution in [2.45, 2.75) is 0 Å². The first-order valence-electron chi connectivity index (χ1n) is 5.97. The molecule has 0 saturated carbocycles. The molecule has 9 heteroatoms. The molecule has 9 nitrogen and oxygen atoms in total. The summed E-state index contributed by atoms with van der Waals surface area (Å²) in [6.45, 7) is 1.53. The van der Waals surface area contributed by atoms with E-state index in [1.807, 2.05) is 0 Å². The lowest BCUT2D eigenvalue weighted by Gasteiger charge is -2.29. The SMILES string of the molecule is COC(=O)COn1c(O)cc(=O)nc1N1CCOCC1. The van der Waals surface area contributed by atoms with Gasteiger partial charge in [0.1, 0.15) is 0 Å². The fourth-order valence-corrected chi connectivity index (χ4v) is 1.71. The van der Waals surface area contributed by atoms with Gasteiger partial charge < -0.3 is 24.3 Å². The number of nitrogens with zero attached hydrogens (tertiary/aromatic N) is 3. The Balaban J connectivity index is 2.27. The van der Waals surface area contributed by atoms with Crippen molar-refractivity contribution in [1.82, 2.24) is 9.71 Å². The highest BCUT2D eigenvalue weighted by Gasteiger charge is 2.20. The van der Waals surface area contributed by atoms with Crippen molar-refractivity contribution in [3.05, 3.63) is 16.4 Å². The summed E-state index contributed by atoms with van der Waals surface area (Å²) >= 11 is 0. The molecule has 20 heavy (non-hydrogen) atoms. The topological polar surface area (TPSA) is 103 Å². The van der Waals surface area contributed by atoms with Gasteiger partial charge in [0, 0.05) is 13.1 Å². The van der Waals surface area contributed by atoms with Crippen LogP contribution < -0.4 is 15.3 Å². The van der Waals surface area contributed by atoms with E-state index in [1.54, 1.807) is 4.90 Å². The number of methoxy groups -OCH3 is 1. The number of rotatable bonds is 4. The summed E-state index contributed by atoms with van der Waals surface area (Å²) in [5.74, 6) is -0.923. The second-order valence-corrected chi connectivity index (χ2v) is 4.00. The summed E-state index contributed by atoms with van der Waals surface area (Å²) < 4.78 is 10.6. The molecule has 1 aromatic heterocycles. The highest BCUT2D eigenvalue weighted by atomic mass is 16.7. The largest absolute Gasteiger partial charge is 0.492 e. The van der Waals surface area contributed by atoms with E-state index in [-0.39, 0.29) is 5.95 Å². The molecule has 1 saturated heterocycles. The standard InChI is InChI=1S/C11H15N3O6/c1-18-10(17)7-20-14-9(16)6-8(15)12-11(14)13-2-4-19-5-3-13/h6,16H,2-5,7H2,1H3. The fraction of sp³-hybridized carbons (Fsp3) is 0.545. The zero-order valence-corrected chi connectivity index (χ0v) is 10.9. The van der Waals surface area contributed by atoms with Crippen molar-refractivity contribution in [2.24, 2.45) is 0 Å². The Hall–Kier alpha value is -2.29. The van der Waals surface area contributed by atoms with Gasteiger partial charge in [-0.15, -0.1) is 4.73 Å². The maximum atomic E-state index is 11.4. The van der Waals surface area contributed by atoms with E-state index >= 15 is 0 Å². The van der Waals surface area contributed by atoms with Crippen molar-refractivity contribution in [1.29, 1.82) is 0 Å². The summed E-state index contributed by atoms with van der Waals surface area (Å²) in [4.78, 5) is 33.2. The smallest absolute Gasteiger partial charge is 0.346 e. The van der Waals surface area contributed by atoms with Gasteiger partial charge in [-0.25, -0.2) is 4.79 Å². The van der Waals surface area contributed by atoms with E-state index in [9.17, 15) is 14.7 Å². The third-order valence-electron chi connectivity index (χ3n) is 2.69. The maximum absolute atomic E-state index is 11.4. The Bertz CT molecular complexity index is 537. The number of aromatic nitrogens is 2. The molecule has 1 aromatic rings. The molecule has 0 aliphatic carbocycles. The van der Waals surface area contributed by atoms with Crippen LogP contribution in [0.3, 0.4) is 0 Å². The van der Waals surface area contributed by atoms with Crippen molar-refractivity contribution in [2.75, 3.05) is 44.9 Å².